The molecular weight excluding hydrogens is 484 g/mol. The zero-order valence-corrected chi connectivity index (χ0v) is 20.3. The lowest BCUT2D eigenvalue weighted by Crippen LogP contribution is -2.54. The molecule has 36 heavy (non-hydrogen) atoms. The van der Waals surface area contributed by atoms with Crippen molar-refractivity contribution in [3.63, 3.8) is 0 Å². The van der Waals surface area contributed by atoms with Crippen molar-refractivity contribution in [1.29, 1.82) is 0 Å². The van der Waals surface area contributed by atoms with E-state index in [9.17, 15) is 13.2 Å². The van der Waals surface area contributed by atoms with Crippen molar-refractivity contribution >= 4 is 37.6 Å². The van der Waals surface area contributed by atoms with Gasteiger partial charge in [0.15, 0.2) is 26.1 Å². The van der Waals surface area contributed by atoms with Gasteiger partial charge >= 0.3 is 0 Å². The standard InChI is InChI=1S/C26H26N2O7S/c29-25(28-30)26(11-14-33-15-12-26)36(31,32)21-9-7-20(8-10-21)34-13-3-6-24-27-22-16-18-4-1-2-5-19(18)17-23(22)35-24/h1-2,4-5,7-10,16-17,30H,3,6,11-15H2,(H,28,29). The monoisotopic (exact) mass is 510 g/mol. The van der Waals surface area contributed by atoms with Gasteiger partial charge in [-0.05, 0) is 66.4 Å². The molecule has 3 aromatic carbocycles. The minimum atomic E-state index is -4.07. The number of sulfone groups is 1. The van der Waals surface area contributed by atoms with Crippen LogP contribution < -0.4 is 10.2 Å². The number of carbonyl (C=O) groups is 1. The van der Waals surface area contributed by atoms with Crippen LogP contribution in [0, 0.1) is 0 Å². The summed E-state index contributed by atoms with van der Waals surface area (Å²) in [7, 11) is -4.07. The maximum absolute atomic E-state index is 13.3. The first-order valence-electron chi connectivity index (χ1n) is 11.7. The van der Waals surface area contributed by atoms with Gasteiger partial charge in [0, 0.05) is 19.6 Å². The Bertz CT molecular complexity index is 1440. The van der Waals surface area contributed by atoms with Crippen molar-refractivity contribution in [1.82, 2.24) is 10.5 Å². The van der Waals surface area contributed by atoms with Gasteiger partial charge in [0.25, 0.3) is 5.91 Å². The Morgan fingerprint density at radius 1 is 1.06 bits per heavy atom. The van der Waals surface area contributed by atoms with E-state index in [1.54, 1.807) is 12.1 Å². The second-order valence-corrected chi connectivity index (χ2v) is 11.0. The van der Waals surface area contributed by atoms with Crippen molar-refractivity contribution in [3.8, 4) is 5.75 Å². The Balaban J connectivity index is 1.21. The molecule has 2 heterocycles. The molecule has 1 aromatic heterocycles. The first-order valence-corrected chi connectivity index (χ1v) is 13.2. The number of hydroxylamine groups is 1. The first-order chi connectivity index (χ1) is 17.4. The fourth-order valence-corrected chi connectivity index (χ4v) is 6.48. The molecule has 1 fully saturated rings. The Labute approximate surface area is 207 Å². The largest absolute Gasteiger partial charge is 0.494 e. The number of hydrogen-bond acceptors (Lipinski definition) is 8. The molecule has 0 bridgehead atoms. The summed E-state index contributed by atoms with van der Waals surface area (Å²) in [6.07, 6.45) is 1.18. The van der Waals surface area contributed by atoms with E-state index in [4.69, 9.17) is 19.1 Å². The molecule has 4 aromatic rings. The molecule has 188 valence electrons. The molecule has 0 saturated carbocycles. The van der Waals surface area contributed by atoms with Crippen LogP contribution in [-0.4, -0.2) is 49.1 Å². The Morgan fingerprint density at radius 3 is 2.44 bits per heavy atom. The lowest BCUT2D eigenvalue weighted by Gasteiger charge is -2.34. The quantitative estimate of drug-likeness (QED) is 0.208. The summed E-state index contributed by atoms with van der Waals surface area (Å²) in [5.74, 6) is 0.193. The normalized spacial score (nSPS) is 15.7. The van der Waals surface area contributed by atoms with Crippen LogP contribution in [0.15, 0.2) is 70.0 Å². The molecule has 10 heteroatoms. The summed E-state index contributed by atoms with van der Waals surface area (Å²) in [6.45, 7) is 0.621. The number of benzene rings is 3. The third kappa shape index (κ3) is 4.43. The number of aromatic nitrogens is 1. The summed E-state index contributed by atoms with van der Waals surface area (Å²) in [4.78, 5) is 16.9. The van der Waals surface area contributed by atoms with Crippen molar-refractivity contribution in [2.24, 2.45) is 0 Å². The number of oxazole rings is 1. The second kappa shape index (κ2) is 9.88. The minimum Gasteiger partial charge on any atom is -0.494 e. The van der Waals surface area contributed by atoms with Crippen LogP contribution in [-0.2, 0) is 25.8 Å². The van der Waals surface area contributed by atoms with Gasteiger partial charge < -0.3 is 13.9 Å². The smallest absolute Gasteiger partial charge is 0.265 e. The van der Waals surface area contributed by atoms with Crippen molar-refractivity contribution in [3.05, 3.63) is 66.6 Å². The Kier molecular flexibility index (Phi) is 6.65. The SMILES string of the molecule is O=C(NO)C1(S(=O)(=O)c2ccc(OCCCc3nc4cc5ccccc5cc4o3)cc2)CCOCC1. The van der Waals surface area contributed by atoms with Gasteiger partial charge in [0.2, 0.25) is 0 Å². The number of hydrogen-bond donors (Lipinski definition) is 2. The average molecular weight is 511 g/mol. The number of nitrogens with one attached hydrogen (secondary N) is 1. The average Bonchev–Trinajstić information content (AvgIpc) is 3.31. The zero-order valence-electron chi connectivity index (χ0n) is 19.5. The summed E-state index contributed by atoms with van der Waals surface area (Å²) in [6, 6.07) is 18.0. The van der Waals surface area contributed by atoms with Gasteiger partial charge in [-0.1, -0.05) is 24.3 Å². The fourth-order valence-electron chi connectivity index (χ4n) is 4.54. The molecule has 1 aliphatic rings. The third-order valence-electron chi connectivity index (χ3n) is 6.57. The Hall–Kier alpha value is -3.47. The minimum absolute atomic E-state index is 0.0146. The lowest BCUT2D eigenvalue weighted by molar-refractivity contribution is -0.134. The molecule has 2 N–H and O–H groups in total. The second-order valence-electron chi connectivity index (χ2n) is 8.75. The van der Waals surface area contributed by atoms with Gasteiger partial charge in [0.1, 0.15) is 11.3 Å². The van der Waals surface area contributed by atoms with E-state index in [-0.39, 0.29) is 31.0 Å². The number of carbonyl (C=O) groups excluding carboxylic acids is 1. The summed E-state index contributed by atoms with van der Waals surface area (Å²) in [5.41, 5.74) is 3.08. The molecule has 0 radical (unpaired) electrons. The molecule has 9 nitrogen and oxygen atoms in total. The van der Waals surface area contributed by atoms with E-state index in [2.05, 4.69) is 4.98 Å². The van der Waals surface area contributed by atoms with E-state index < -0.39 is 20.5 Å². The van der Waals surface area contributed by atoms with Gasteiger partial charge in [-0.25, -0.2) is 18.9 Å². The number of aryl methyl sites for hydroxylation is 1. The van der Waals surface area contributed by atoms with Crippen LogP contribution in [0.4, 0.5) is 0 Å². The number of ether oxygens (including phenoxy) is 2. The molecule has 0 spiro atoms. The molecule has 1 saturated heterocycles. The molecule has 1 amide bonds. The van der Waals surface area contributed by atoms with Gasteiger partial charge in [-0.3, -0.25) is 10.0 Å². The van der Waals surface area contributed by atoms with E-state index in [1.165, 1.54) is 17.6 Å². The molecule has 0 aliphatic carbocycles. The number of amides is 1. The predicted molar refractivity (Wildman–Crippen MR) is 132 cm³/mol. The van der Waals surface area contributed by atoms with Crippen LogP contribution in [0.3, 0.4) is 0 Å². The van der Waals surface area contributed by atoms with Crippen molar-refractivity contribution in [2.75, 3.05) is 19.8 Å². The highest BCUT2D eigenvalue weighted by molar-refractivity contribution is 7.93. The highest BCUT2D eigenvalue weighted by atomic mass is 32.2. The van der Waals surface area contributed by atoms with Gasteiger partial charge in [0.05, 0.1) is 11.5 Å². The van der Waals surface area contributed by atoms with Crippen LogP contribution in [0.5, 0.6) is 5.75 Å². The topological polar surface area (TPSA) is 128 Å². The van der Waals surface area contributed by atoms with Crippen LogP contribution in [0.2, 0.25) is 0 Å². The highest BCUT2D eigenvalue weighted by Gasteiger charge is 2.52. The first kappa shape index (κ1) is 24.2. The number of nitrogens with zero attached hydrogens (tertiary/aromatic N) is 1. The van der Waals surface area contributed by atoms with E-state index in [1.807, 2.05) is 36.4 Å². The van der Waals surface area contributed by atoms with Crippen LogP contribution >= 0.6 is 0 Å². The van der Waals surface area contributed by atoms with Gasteiger partial charge in [-0.2, -0.15) is 0 Å². The fraction of sp³-hybridized carbons (Fsp3) is 0.308. The molecule has 5 rings (SSSR count). The van der Waals surface area contributed by atoms with Crippen LogP contribution in [0.25, 0.3) is 21.9 Å². The molecule has 1 aliphatic heterocycles. The summed E-state index contributed by atoms with van der Waals surface area (Å²) < 4.78 is 41.7. The van der Waals surface area contributed by atoms with Crippen LogP contribution in [0.1, 0.15) is 25.2 Å². The molecule has 0 atom stereocenters. The Morgan fingerprint density at radius 2 is 1.75 bits per heavy atom. The maximum Gasteiger partial charge on any atom is 0.265 e. The van der Waals surface area contributed by atoms with Crippen molar-refractivity contribution in [2.45, 2.75) is 35.3 Å². The summed E-state index contributed by atoms with van der Waals surface area (Å²) in [5, 5.41) is 11.4. The van der Waals surface area contributed by atoms with E-state index >= 15 is 0 Å². The highest BCUT2D eigenvalue weighted by Crippen LogP contribution is 2.35. The molecular formula is C26H26N2O7S. The van der Waals surface area contributed by atoms with Gasteiger partial charge in [-0.15, -0.1) is 0 Å². The number of rotatable bonds is 8. The maximum atomic E-state index is 13.3. The molecule has 0 unspecified atom stereocenters. The predicted octanol–water partition coefficient (Wildman–Crippen LogP) is 3.82. The zero-order chi connectivity index (χ0) is 25.2. The lowest BCUT2D eigenvalue weighted by atomic mass is 9.98. The van der Waals surface area contributed by atoms with E-state index in [0.717, 1.165) is 21.9 Å². The van der Waals surface area contributed by atoms with E-state index in [0.29, 0.717) is 31.1 Å². The van der Waals surface area contributed by atoms with Crippen molar-refractivity contribution < 1.29 is 32.3 Å². The summed E-state index contributed by atoms with van der Waals surface area (Å²) >= 11 is 0. The number of fused-ring (bicyclic) bond motifs is 2. The third-order valence-corrected chi connectivity index (χ3v) is 9.08.